The highest BCUT2D eigenvalue weighted by molar-refractivity contribution is 6.03. The van der Waals surface area contributed by atoms with Gasteiger partial charge in [0.2, 0.25) is 0 Å². The van der Waals surface area contributed by atoms with Crippen molar-refractivity contribution in [3.8, 4) is 5.75 Å². The number of benzene rings is 3. The Hall–Kier alpha value is -3.73. The molecule has 0 aromatic heterocycles. The zero-order chi connectivity index (χ0) is 23.6. The van der Waals surface area contributed by atoms with Crippen molar-refractivity contribution in [3.05, 3.63) is 102 Å². The number of rotatable bonds is 6. The van der Waals surface area contributed by atoms with Gasteiger partial charge in [0.25, 0.3) is 0 Å². The Morgan fingerprint density at radius 2 is 1.45 bits per heavy atom. The lowest BCUT2D eigenvalue weighted by Crippen LogP contribution is -2.48. The average Bonchev–Trinajstić information content (AvgIpc) is 3.09. The number of carbonyl (C=O) groups is 3. The molecular formula is C28H26O5. The number of Topliss-reactive ketones (excluding diaryl/α,β-unsaturated/α-hetero) is 1. The molecule has 0 radical (unpaired) electrons. The highest BCUT2D eigenvalue weighted by atomic mass is 16.6. The first-order valence-electron chi connectivity index (χ1n) is 10.9. The smallest absolute Gasteiger partial charge is 0.327 e. The van der Waals surface area contributed by atoms with Gasteiger partial charge in [0.05, 0.1) is 5.92 Å². The first-order chi connectivity index (χ1) is 15.7. The number of ketones is 1. The van der Waals surface area contributed by atoms with Gasteiger partial charge in [-0.05, 0) is 32.4 Å². The maximum Gasteiger partial charge on any atom is 0.327 e. The molecule has 2 atom stereocenters. The lowest BCUT2D eigenvalue weighted by Gasteiger charge is -2.35. The lowest BCUT2D eigenvalue weighted by molar-refractivity contribution is -0.165. The first-order valence-corrected chi connectivity index (χ1v) is 10.9. The van der Waals surface area contributed by atoms with Crippen LogP contribution in [0.5, 0.6) is 5.75 Å². The van der Waals surface area contributed by atoms with Gasteiger partial charge in [-0.1, -0.05) is 78.9 Å². The maximum atomic E-state index is 13.7. The summed E-state index contributed by atoms with van der Waals surface area (Å²) in [7, 11) is 0. The van der Waals surface area contributed by atoms with Crippen molar-refractivity contribution < 1.29 is 23.9 Å². The van der Waals surface area contributed by atoms with E-state index in [1.807, 2.05) is 12.1 Å². The SMILES string of the molecule is CC(C)(C)OC(=O)C(CC(=O)c1ccccc1)C1(c2ccccc2)C(=O)Oc2ccccc21. The third kappa shape index (κ3) is 4.19. The second-order valence-corrected chi connectivity index (χ2v) is 9.14. The number of ether oxygens (including phenoxy) is 2. The highest BCUT2D eigenvalue weighted by Crippen LogP contribution is 2.51. The molecule has 0 N–H and O–H groups in total. The molecule has 0 bridgehead atoms. The summed E-state index contributed by atoms with van der Waals surface area (Å²) in [4.78, 5) is 40.6. The molecule has 0 spiro atoms. The molecule has 0 aliphatic carbocycles. The zero-order valence-electron chi connectivity index (χ0n) is 18.9. The van der Waals surface area contributed by atoms with Crippen LogP contribution in [0.4, 0.5) is 0 Å². The Labute approximate surface area is 193 Å². The predicted molar refractivity (Wildman–Crippen MR) is 124 cm³/mol. The zero-order valence-corrected chi connectivity index (χ0v) is 18.9. The van der Waals surface area contributed by atoms with Gasteiger partial charge in [0.1, 0.15) is 16.8 Å². The molecule has 4 rings (SSSR count). The number of esters is 2. The van der Waals surface area contributed by atoms with E-state index in [-0.39, 0.29) is 12.2 Å². The largest absolute Gasteiger partial charge is 0.460 e. The third-order valence-electron chi connectivity index (χ3n) is 5.76. The standard InChI is InChI=1S/C28H26O5/c1-27(2,3)33-25(30)22(18-23(29)19-12-6-4-7-13-19)28(20-14-8-5-9-15-20)21-16-10-11-17-24(21)32-26(28)31/h4-17,22H,18H2,1-3H3. The van der Waals surface area contributed by atoms with Crippen molar-refractivity contribution in [2.45, 2.75) is 38.2 Å². The maximum absolute atomic E-state index is 13.7. The molecule has 3 aromatic rings. The van der Waals surface area contributed by atoms with E-state index >= 15 is 0 Å². The molecule has 0 amide bonds. The number of hydrogen-bond donors (Lipinski definition) is 0. The number of hydrogen-bond acceptors (Lipinski definition) is 5. The average molecular weight is 443 g/mol. The van der Waals surface area contributed by atoms with E-state index in [1.54, 1.807) is 93.6 Å². The van der Waals surface area contributed by atoms with E-state index < -0.39 is 28.9 Å². The topological polar surface area (TPSA) is 69.7 Å². The Balaban J connectivity index is 1.92. The molecular weight excluding hydrogens is 416 g/mol. The lowest BCUT2D eigenvalue weighted by atomic mass is 9.64. The summed E-state index contributed by atoms with van der Waals surface area (Å²) in [5.41, 5.74) is -0.709. The molecule has 1 heterocycles. The molecule has 33 heavy (non-hydrogen) atoms. The second-order valence-electron chi connectivity index (χ2n) is 9.14. The molecule has 2 unspecified atom stereocenters. The van der Waals surface area contributed by atoms with Gasteiger partial charge in [-0.2, -0.15) is 0 Å². The van der Waals surface area contributed by atoms with E-state index in [9.17, 15) is 14.4 Å². The van der Waals surface area contributed by atoms with E-state index in [1.165, 1.54) is 0 Å². The Bertz CT molecular complexity index is 1180. The van der Waals surface area contributed by atoms with Gasteiger partial charge in [-0.25, -0.2) is 0 Å². The molecule has 5 nitrogen and oxygen atoms in total. The fraction of sp³-hybridized carbons (Fsp3) is 0.250. The predicted octanol–water partition coefficient (Wildman–Crippen LogP) is 5.12. The van der Waals surface area contributed by atoms with Crippen LogP contribution in [0.3, 0.4) is 0 Å². The Morgan fingerprint density at radius 1 is 0.879 bits per heavy atom. The van der Waals surface area contributed by atoms with Crippen molar-refractivity contribution in [3.63, 3.8) is 0 Å². The second kappa shape index (κ2) is 8.66. The van der Waals surface area contributed by atoms with Crippen molar-refractivity contribution in [1.29, 1.82) is 0 Å². The van der Waals surface area contributed by atoms with Crippen molar-refractivity contribution in [1.82, 2.24) is 0 Å². The van der Waals surface area contributed by atoms with E-state index in [0.29, 0.717) is 22.4 Å². The van der Waals surface area contributed by atoms with Gasteiger partial charge in [-0.3, -0.25) is 14.4 Å². The minimum Gasteiger partial charge on any atom is -0.460 e. The van der Waals surface area contributed by atoms with Crippen LogP contribution in [0.25, 0.3) is 0 Å². The fourth-order valence-corrected chi connectivity index (χ4v) is 4.39. The van der Waals surface area contributed by atoms with Crippen LogP contribution in [0.15, 0.2) is 84.9 Å². The van der Waals surface area contributed by atoms with Gasteiger partial charge < -0.3 is 9.47 Å². The summed E-state index contributed by atoms with van der Waals surface area (Å²) in [6, 6.07) is 24.8. The molecule has 0 fully saturated rings. The van der Waals surface area contributed by atoms with Crippen LogP contribution in [0.1, 0.15) is 48.7 Å². The molecule has 5 heteroatoms. The van der Waals surface area contributed by atoms with Crippen LogP contribution in [0.2, 0.25) is 0 Å². The van der Waals surface area contributed by atoms with Crippen LogP contribution < -0.4 is 4.74 Å². The first kappa shape index (κ1) is 22.5. The van der Waals surface area contributed by atoms with E-state index in [2.05, 4.69) is 0 Å². The van der Waals surface area contributed by atoms with Crippen molar-refractivity contribution >= 4 is 17.7 Å². The quantitative estimate of drug-likeness (QED) is 0.301. The van der Waals surface area contributed by atoms with Crippen molar-refractivity contribution in [2.24, 2.45) is 5.92 Å². The number of para-hydroxylation sites is 1. The number of carbonyl (C=O) groups excluding carboxylic acids is 3. The molecule has 0 saturated carbocycles. The highest BCUT2D eigenvalue weighted by Gasteiger charge is 2.59. The van der Waals surface area contributed by atoms with Crippen LogP contribution in [-0.4, -0.2) is 23.3 Å². The Kier molecular flexibility index (Phi) is 5.90. The summed E-state index contributed by atoms with van der Waals surface area (Å²) < 4.78 is 11.4. The minimum absolute atomic E-state index is 0.211. The molecule has 0 saturated heterocycles. The van der Waals surface area contributed by atoms with Gasteiger partial charge in [0.15, 0.2) is 5.78 Å². The molecule has 1 aliphatic heterocycles. The van der Waals surface area contributed by atoms with Gasteiger partial charge in [-0.15, -0.1) is 0 Å². The van der Waals surface area contributed by atoms with E-state index in [4.69, 9.17) is 9.47 Å². The minimum atomic E-state index is -1.51. The van der Waals surface area contributed by atoms with Crippen LogP contribution in [0, 0.1) is 5.92 Å². The van der Waals surface area contributed by atoms with Gasteiger partial charge in [0, 0.05) is 17.5 Å². The third-order valence-corrected chi connectivity index (χ3v) is 5.76. The molecule has 168 valence electrons. The normalized spacial score (nSPS) is 18.2. The van der Waals surface area contributed by atoms with Crippen molar-refractivity contribution in [2.75, 3.05) is 0 Å². The summed E-state index contributed by atoms with van der Waals surface area (Å²) >= 11 is 0. The summed E-state index contributed by atoms with van der Waals surface area (Å²) in [6.45, 7) is 5.28. The van der Waals surface area contributed by atoms with Crippen LogP contribution in [-0.2, 0) is 19.7 Å². The summed E-state index contributed by atoms with van der Waals surface area (Å²) in [5, 5.41) is 0. The molecule has 3 aromatic carbocycles. The number of fused-ring (bicyclic) bond motifs is 1. The van der Waals surface area contributed by atoms with Gasteiger partial charge >= 0.3 is 11.9 Å². The van der Waals surface area contributed by atoms with E-state index in [0.717, 1.165) is 0 Å². The Morgan fingerprint density at radius 3 is 2.09 bits per heavy atom. The van der Waals surface area contributed by atoms with Crippen LogP contribution >= 0.6 is 0 Å². The summed E-state index contributed by atoms with van der Waals surface area (Å²) in [5.74, 6) is -2.20. The fourth-order valence-electron chi connectivity index (χ4n) is 4.39. The molecule has 1 aliphatic rings. The monoisotopic (exact) mass is 442 g/mol. The summed E-state index contributed by atoms with van der Waals surface area (Å²) in [6.07, 6.45) is -0.211.